The van der Waals surface area contributed by atoms with E-state index in [4.69, 9.17) is 4.74 Å². The van der Waals surface area contributed by atoms with Crippen LogP contribution >= 0.6 is 0 Å². The van der Waals surface area contributed by atoms with Crippen molar-refractivity contribution in [3.8, 4) is 0 Å². The van der Waals surface area contributed by atoms with Crippen LogP contribution in [-0.2, 0) is 14.3 Å². The van der Waals surface area contributed by atoms with Gasteiger partial charge in [-0.25, -0.2) is 0 Å². The fourth-order valence-corrected chi connectivity index (χ4v) is 2.80. The van der Waals surface area contributed by atoms with Crippen LogP contribution in [0.15, 0.2) is 0 Å². The Morgan fingerprint density at radius 2 is 2.06 bits per heavy atom. The van der Waals surface area contributed by atoms with Crippen molar-refractivity contribution in [1.82, 2.24) is 0 Å². The van der Waals surface area contributed by atoms with Gasteiger partial charge in [-0.1, -0.05) is 20.8 Å². The van der Waals surface area contributed by atoms with Crippen molar-refractivity contribution < 1.29 is 14.3 Å². The van der Waals surface area contributed by atoms with Crippen LogP contribution in [-0.4, -0.2) is 25.8 Å². The first-order chi connectivity index (χ1) is 7.43. The first-order valence-electron chi connectivity index (χ1n) is 6.11. The smallest absolute Gasteiger partial charge is 0.307 e. The number of esters is 1. The Morgan fingerprint density at radius 3 is 2.62 bits per heavy atom. The molecule has 16 heavy (non-hydrogen) atoms. The van der Waals surface area contributed by atoms with Crippen molar-refractivity contribution in [2.24, 2.45) is 11.3 Å². The predicted octanol–water partition coefficient (Wildman–Crippen LogP) is 2.78. The Hall–Kier alpha value is -0.570. The standard InChI is InChI=1S/C13H24O3/c1-10-7-11(9-13(2,3)8-10)16-6-5-12(14)15-4/h10-11H,5-9H2,1-4H3. The van der Waals surface area contributed by atoms with Crippen molar-refractivity contribution in [3.05, 3.63) is 0 Å². The minimum atomic E-state index is -0.192. The summed E-state index contributed by atoms with van der Waals surface area (Å²) in [6.07, 6.45) is 4.15. The highest BCUT2D eigenvalue weighted by Crippen LogP contribution is 2.39. The molecule has 3 heteroatoms. The van der Waals surface area contributed by atoms with Crippen LogP contribution in [0.25, 0.3) is 0 Å². The molecule has 0 aromatic carbocycles. The number of carbonyl (C=O) groups excluding carboxylic acids is 1. The molecule has 0 spiro atoms. The molecule has 1 saturated carbocycles. The molecule has 0 amide bonds. The van der Waals surface area contributed by atoms with Gasteiger partial charge in [0.05, 0.1) is 26.2 Å². The Labute approximate surface area is 98.5 Å². The second-order valence-corrected chi connectivity index (χ2v) is 5.73. The summed E-state index contributed by atoms with van der Waals surface area (Å²) in [4.78, 5) is 10.9. The van der Waals surface area contributed by atoms with Gasteiger partial charge in [0.2, 0.25) is 0 Å². The van der Waals surface area contributed by atoms with Gasteiger partial charge in [-0.05, 0) is 30.6 Å². The van der Waals surface area contributed by atoms with E-state index in [1.165, 1.54) is 13.5 Å². The molecule has 0 heterocycles. The Morgan fingerprint density at radius 1 is 1.38 bits per heavy atom. The summed E-state index contributed by atoms with van der Waals surface area (Å²) in [5.74, 6) is 0.523. The molecule has 1 rings (SSSR count). The van der Waals surface area contributed by atoms with Gasteiger partial charge in [0.15, 0.2) is 0 Å². The van der Waals surface area contributed by atoms with E-state index >= 15 is 0 Å². The van der Waals surface area contributed by atoms with Crippen LogP contribution < -0.4 is 0 Å². The summed E-state index contributed by atoms with van der Waals surface area (Å²) in [7, 11) is 1.41. The zero-order chi connectivity index (χ0) is 12.2. The highest BCUT2D eigenvalue weighted by Gasteiger charge is 2.32. The second kappa shape index (κ2) is 5.67. The fourth-order valence-electron chi connectivity index (χ4n) is 2.80. The van der Waals surface area contributed by atoms with Crippen LogP contribution in [0.5, 0.6) is 0 Å². The number of methoxy groups -OCH3 is 1. The fraction of sp³-hybridized carbons (Fsp3) is 0.923. The molecule has 0 aliphatic heterocycles. The summed E-state index contributed by atoms with van der Waals surface area (Å²) in [5, 5.41) is 0. The van der Waals surface area contributed by atoms with Crippen LogP contribution in [0, 0.1) is 11.3 Å². The van der Waals surface area contributed by atoms with Gasteiger partial charge >= 0.3 is 5.97 Å². The van der Waals surface area contributed by atoms with E-state index < -0.39 is 0 Å². The Balaban J connectivity index is 2.29. The number of hydrogen-bond acceptors (Lipinski definition) is 3. The molecule has 2 atom stereocenters. The lowest BCUT2D eigenvalue weighted by molar-refractivity contribution is -0.142. The summed E-state index contributed by atoms with van der Waals surface area (Å²) in [6, 6.07) is 0. The third kappa shape index (κ3) is 4.52. The molecular weight excluding hydrogens is 204 g/mol. The molecule has 0 N–H and O–H groups in total. The van der Waals surface area contributed by atoms with E-state index in [-0.39, 0.29) is 5.97 Å². The van der Waals surface area contributed by atoms with Crippen LogP contribution in [0.2, 0.25) is 0 Å². The van der Waals surface area contributed by atoms with Crippen molar-refractivity contribution >= 4 is 5.97 Å². The van der Waals surface area contributed by atoms with Gasteiger partial charge < -0.3 is 9.47 Å². The van der Waals surface area contributed by atoms with Gasteiger partial charge in [0.25, 0.3) is 0 Å². The van der Waals surface area contributed by atoms with Crippen molar-refractivity contribution in [3.63, 3.8) is 0 Å². The van der Waals surface area contributed by atoms with Gasteiger partial charge in [-0.15, -0.1) is 0 Å². The molecule has 1 aliphatic rings. The molecule has 0 aromatic rings. The minimum Gasteiger partial charge on any atom is -0.469 e. The average Bonchev–Trinajstić information content (AvgIpc) is 2.14. The Kier molecular flexibility index (Phi) is 4.78. The molecule has 1 fully saturated rings. The van der Waals surface area contributed by atoms with E-state index in [9.17, 15) is 4.79 Å². The number of carbonyl (C=O) groups is 1. The largest absolute Gasteiger partial charge is 0.469 e. The van der Waals surface area contributed by atoms with E-state index in [0.717, 1.165) is 12.8 Å². The van der Waals surface area contributed by atoms with Crippen LogP contribution in [0.3, 0.4) is 0 Å². The SMILES string of the molecule is COC(=O)CCOC1CC(C)CC(C)(C)C1. The molecule has 2 unspecified atom stereocenters. The molecule has 94 valence electrons. The summed E-state index contributed by atoms with van der Waals surface area (Å²) in [5.41, 5.74) is 0.369. The van der Waals surface area contributed by atoms with E-state index in [0.29, 0.717) is 30.5 Å². The Bertz CT molecular complexity index is 235. The highest BCUT2D eigenvalue weighted by atomic mass is 16.5. The first-order valence-corrected chi connectivity index (χ1v) is 6.11. The van der Waals surface area contributed by atoms with E-state index in [1.54, 1.807) is 0 Å². The zero-order valence-electron chi connectivity index (χ0n) is 10.9. The van der Waals surface area contributed by atoms with Gasteiger partial charge in [0.1, 0.15) is 0 Å². The maximum atomic E-state index is 10.9. The monoisotopic (exact) mass is 228 g/mol. The summed E-state index contributed by atoms with van der Waals surface area (Å²) < 4.78 is 10.3. The van der Waals surface area contributed by atoms with Gasteiger partial charge in [-0.2, -0.15) is 0 Å². The lowest BCUT2D eigenvalue weighted by atomic mass is 9.71. The maximum absolute atomic E-state index is 10.9. The van der Waals surface area contributed by atoms with E-state index in [1.807, 2.05) is 0 Å². The lowest BCUT2D eigenvalue weighted by Gasteiger charge is -2.38. The number of rotatable bonds is 4. The zero-order valence-corrected chi connectivity index (χ0v) is 10.9. The summed E-state index contributed by atoms with van der Waals surface area (Å²) in [6.45, 7) is 7.34. The normalized spacial score (nSPS) is 28.8. The molecule has 0 saturated heterocycles. The average molecular weight is 228 g/mol. The third-order valence-corrected chi connectivity index (χ3v) is 3.23. The minimum absolute atomic E-state index is 0.192. The van der Waals surface area contributed by atoms with Crippen LogP contribution in [0.4, 0.5) is 0 Å². The second-order valence-electron chi connectivity index (χ2n) is 5.73. The molecule has 0 radical (unpaired) electrons. The quantitative estimate of drug-likeness (QED) is 0.694. The van der Waals surface area contributed by atoms with Crippen molar-refractivity contribution in [1.29, 1.82) is 0 Å². The highest BCUT2D eigenvalue weighted by molar-refractivity contribution is 5.69. The first kappa shape index (κ1) is 13.5. The lowest BCUT2D eigenvalue weighted by Crippen LogP contribution is -2.33. The molecule has 0 aromatic heterocycles. The third-order valence-electron chi connectivity index (χ3n) is 3.23. The maximum Gasteiger partial charge on any atom is 0.307 e. The molecule has 0 bridgehead atoms. The molecular formula is C13H24O3. The number of ether oxygens (including phenoxy) is 2. The van der Waals surface area contributed by atoms with Crippen LogP contribution in [0.1, 0.15) is 46.5 Å². The predicted molar refractivity (Wildman–Crippen MR) is 63.2 cm³/mol. The van der Waals surface area contributed by atoms with E-state index in [2.05, 4.69) is 25.5 Å². The van der Waals surface area contributed by atoms with Gasteiger partial charge in [-0.3, -0.25) is 4.79 Å². The van der Waals surface area contributed by atoms with Crippen molar-refractivity contribution in [2.45, 2.75) is 52.6 Å². The number of hydrogen-bond donors (Lipinski definition) is 0. The molecule has 3 nitrogen and oxygen atoms in total. The van der Waals surface area contributed by atoms with Gasteiger partial charge in [0, 0.05) is 0 Å². The van der Waals surface area contributed by atoms with Crippen molar-refractivity contribution in [2.75, 3.05) is 13.7 Å². The molecule has 1 aliphatic carbocycles. The topological polar surface area (TPSA) is 35.5 Å². The summed E-state index contributed by atoms with van der Waals surface area (Å²) >= 11 is 0.